The molecule has 0 aliphatic carbocycles. The molecule has 0 fully saturated rings. The second kappa shape index (κ2) is 7.47. The van der Waals surface area contributed by atoms with Gasteiger partial charge in [-0.05, 0) is 65.2 Å². The van der Waals surface area contributed by atoms with E-state index in [9.17, 15) is 0 Å². The molecule has 0 aliphatic heterocycles. The number of nitrogens with one attached hydrogen (secondary N) is 2. The van der Waals surface area contributed by atoms with Gasteiger partial charge in [0.15, 0.2) is 0 Å². The number of fused-ring (bicyclic) bond motifs is 2. The highest BCUT2D eigenvalue weighted by Gasteiger charge is 2.24. The van der Waals surface area contributed by atoms with Crippen LogP contribution >= 0.6 is 11.6 Å². The van der Waals surface area contributed by atoms with Crippen molar-refractivity contribution in [3.8, 4) is 11.5 Å². The summed E-state index contributed by atoms with van der Waals surface area (Å²) in [6.45, 7) is 0. The molecule has 5 rings (SSSR count). The fourth-order valence-corrected chi connectivity index (χ4v) is 4.39. The molecular formula is C25H21ClN2O2. The van der Waals surface area contributed by atoms with Crippen LogP contribution in [0.4, 0.5) is 0 Å². The lowest BCUT2D eigenvalue weighted by Crippen LogP contribution is -2.02. The van der Waals surface area contributed by atoms with Crippen LogP contribution in [0, 0.1) is 0 Å². The quantitative estimate of drug-likeness (QED) is 0.343. The third kappa shape index (κ3) is 3.10. The van der Waals surface area contributed by atoms with Crippen LogP contribution in [0.2, 0.25) is 5.02 Å². The summed E-state index contributed by atoms with van der Waals surface area (Å²) in [6, 6.07) is 20.2. The van der Waals surface area contributed by atoms with Crippen LogP contribution < -0.4 is 9.47 Å². The lowest BCUT2D eigenvalue weighted by atomic mass is 9.85. The number of aromatic amines is 2. The number of hydrogen-bond acceptors (Lipinski definition) is 2. The summed E-state index contributed by atoms with van der Waals surface area (Å²) in [6.07, 6.45) is 4.16. The second-order valence-corrected chi connectivity index (χ2v) is 7.74. The third-order valence-electron chi connectivity index (χ3n) is 5.65. The Kier molecular flexibility index (Phi) is 4.64. The van der Waals surface area contributed by atoms with E-state index in [1.807, 2.05) is 42.5 Å². The average Bonchev–Trinajstić information content (AvgIpc) is 3.38. The number of halogens is 1. The van der Waals surface area contributed by atoms with E-state index in [0.717, 1.165) is 50.0 Å². The largest absolute Gasteiger partial charge is 0.497 e. The van der Waals surface area contributed by atoms with Crippen LogP contribution in [0.3, 0.4) is 0 Å². The van der Waals surface area contributed by atoms with Gasteiger partial charge in [0, 0.05) is 45.1 Å². The topological polar surface area (TPSA) is 50.0 Å². The maximum absolute atomic E-state index is 6.39. The molecule has 0 atom stereocenters. The first-order valence-electron chi connectivity index (χ1n) is 9.73. The monoisotopic (exact) mass is 416 g/mol. The lowest BCUT2D eigenvalue weighted by molar-refractivity contribution is 0.415. The lowest BCUT2D eigenvalue weighted by Gasteiger charge is -2.18. The van der Waals surface area contributed by atoms with Crippen molar-refractivity contribution in [2.45, 2.75) is 5.92 Å². The summed E-state index contributed by atoms with van der Waals surface area (Å²) in [5, 5.41) is 2.96. The molecule has 0 spiro atoms. The zero-order chi connectivity index (χ0) is 20.7. The number of aromatic nitrogens is 2. The molecule has 0 saturated heterocycles. The molecular weight excluding hydrogens is 396 g/mol. The van der Waals surface area contributed by atoms with Crippen LogP contribution in [-0.2, 0) is 0 Å². The van der Waals surface area contributed by atoms with E-state index in [4.69, 9.17) is 21.1 Å². The smallest absolute Gasteiger partial charge is 0.119 e. The molecule has 30 heavy (non-hydrogen) atoms. The minimum Gasteiger partial charge on any atom is -0.497 e. The van der Waals surface area contributed by atoms with E-state index in [-0.39, 0.29) is 5.92 Å². The van der Waals surface area contributed by atoms with Crippen molar-refractivity contribution in [1.29, 1.82) is 0 Å². The Bertz CT molecular complexity index is 1270. The predicted octanol–water partition coefficient (Wildman–Crippen LogP) is 6.50. The summed E-state index contributed by atoms with van der Waals surface area (Å²) in [7, 11) is 3.38. The molecule has 150 valence electrons. The number of H-pyrrole nitrogens is 2. The van der Waals surface area contributed by atoms with Crippen molar-refractivity contribution in [2.75, 3.05) is 14.2 Å². The SMILES string of the molecule is COc1ccc2[nH]cc(C(c3cccc(Cl)c3)c3c[nH]c4ccc(OC)cc34)c2c1. The molecule has 0 radical (unpaired) electrons. The van der Waals surface area contributed by atoms with Gasteiger partial charge in [0.25, 0.3) is 0 Å². The molecule has 5 aromatic rings. The summed E-state index contributed by atoms with van der Waals surface area (Å²) < 4.78 is 11.0. The summed E-state index contributed by atoms with van der Waals surface area (Å²) in [4.78, 5) is 6.83. The van der Waals surface area contributed by atoms with Crippen molar-refractivity contribution >= 4 is 33.4 Å². The van der Waals surface area contributed by atoms with Gasteiger partial charge in [0.05, 0.1) is 14.2 Å². The highest BCUT2D eigenvalue weighted by Crippen LogP contribution is 2.41. The summed E-state index contributed by atoms with van der Waals surface area (Å²) in [5.41, 5.74) is 5.57. The fourth-order valence-electron chi connectivity index (χ4n) is 4.19. The van der Waals surface area contributed by atoms with Gasteiger partial charge in [-0.2, -0.15) is 0 Å². The minimum absolute atomic E-state index is 0.0228. The zero-order valence-corrected chi connectivity index (χ0v) is 17.5. The van der Waals surface area contributed by atoms with Gasteiger partial charge in [-0.15, -0.1) is 0 Å². The summed E-state index contributed by atoms with van der Waals surface area (Å²) in [5.74, 6) is 1.63. The van der Waals surface area contributed by atoms with Gasteiger partial charge >= 0.3 is 0 Å². The Balaban J connectivity index is 1.79. The highest BCUT2D eigenvalue weighted by molar-refractivity contribution is 6.30. The Morgan fingerprint density at radius 3 is 1.80 bits per heavy atom. The second-order valence-electron chi connectivity index (χ2n) is 7.30. The fraction of sp³-hybridized carbons (Fsp3) is 0.120. The molecule has 0 bridgehead atoms. The van der Waals surface area contributed by atoms with Gasteiger partial charge in [-0.1, -0.05) is 23.7 Å². The zero-order valence-electron chi connectivity index (χ0n) is 16.7. The normalized spacial score (nSPS) is 11.5. The van der Waals surface area contributed by atoms with Crippen molar-refractivity contribution < 1.29 is 9.47 Å². The number of benzene rings is 3. The predicted molar refractivity (Wildman–Crippen MR) is 122 cm³/mol. The maximum atomic E-state index is 6.39. The van der Waals surface area contributed by atoms with E-state index < -0.39 is 0 Å². The van der Waals surface area contributed by atoms with Gasteiger partial charge in [0.2, 0.25) is 0 Å². The molecule has 0 amide bonds. The van der Waals surface area contributed by atoms with Gasteiger partial charge in [0.1, 0.15) is 11.5 Å². The molecule has 5 heteroatoms. The number of ether oxygens (including phenoxy) is 2. The van der Waals surface area contributed by atoms with E-state index >= 15 is 0 Å². The molecule has 4 nitrogen and oxygen atoms in total. The van der Waals surface area contributed by atoms with Crippen molar-refractivity contribution in [3.05, 3.63) is 94.8 Å². The van der Waals surface area contributed by atoms with Crippen LogP contribution in [-0.4, -0.2) is 24.2 Å². The van der Waals surface area contributed by atoms with Crippen LogP contribution in [0.5, 0.6) is 11.5 Å². The van der Waals surface area contributed by atoms with Crippen LogP contribution in [0.15, 0.2) is 73.1 Å². The maximum Gasteiger partial charge on any atom is 0.119 e. The molecule has 2 N–H and O–H groups in total. The Morgan fingerprint density at radius 1 is 0.733 bits per heavy atom. The molecule has 0 unspecified atom stereocenters. The third-order valence-corrected chi connectivity index (χ3v) is 5.88. The number of methoxy groups -OCH3 is 2. The molecule has 2 aromatic heterocycles. The average molecular weight is 417 g/mol. The standard InChI is InChI=1S/C25H21ClN2O2/c1-29-17-6-8-23-19(11-17)21(13-27-23)25(15-4-3-5-16(26)10-15)22-14-28-24-9-7-18(30-2)12-20(22)24/h3-14,25,27-28H,1-2H3. The van der Waals surface area contributed by atoms with Gasteiger partial charge in [-0.3, -0.25) is 0 Å². The highest BCUT2D eigenvalue weighted by atomic mass is 35.5. The number of rotatable bonds is 5. The molecule has 0 aliphatic rings. The van der Waals surface area contributed by atoms with E-state index in [2.05, 4.69) is 40.6 Å². The van der Waals surface area contributed by atoms with E-state index in [1.54, 1.807) is 14.2 Å². The Hall–Kier alpha value is -3.37. The minimum atomic E-state index is -0.0228. The first kappa shape index (κ1) is 18.6. The van der Waals surface area contributed by atoms with Crippen LogP contribution in [0.1, 0.15) is 22.6 Å². The Morgan fingerprint density at radius 2 is 1.30 bits per heavy atom. The van der Waals surface area contributed by atoms with E-state index in [0.29, 0.717) is 5.02 Å². The molecule has 0 saturated carbocycles. The van der Waals surface area contributed by atoms with Crippen molar-refractivity contribution in [1.82, 2.24) is 9.97 Å². The van der Waals surface area contributed by atoms with E-state index in [1.165, 1.54) is 0 Å². The summed E-state index contributed by atoms with van der Waals surface area (Å²) >= 11 is 6.39. The van der Waals surface area contributed by atoms with Gasteiger partial charge in [-0.25, -0.2) is 0 Å². The van der Waals surface area contributed by atoms with Crippen molar-refractivity contribution in [2.24, 2.45) is 0 Å². The molecule has 2 heterocycles. The Labute approximate surface area is 179 Å². The first-order chi connectivity index (χ1) is 14.7. The van der Waals surface area contributed by atoms with Crippen LogP contribution in [0.25, 0.3) is 21.8 Å². The number of hydrogen-bond donors (Lipinski definition) is 2. The first-order valence-corrected chi connectivity index (χ1v) is 10.1. The molecule has 3 aromatic carbocycles. The van der Waals surface area contributed by atoms with Gasteiger partial charge < -0.3 is 19.4 Å². The van der Waals surface area contributed by atoms with Crippen molar-refractivity contribution in [3.63, 3.8) is 0 Å².